The van der Waals surface area contributed by atoms with Crippen LogP contribution in [0.5, 0.6) is 0 Å². The highest BCUT2D eigenvalue weighted by Gasteiger charge is 2.19. The molecular weight excluding hydrogens is 238 g/mol. The topological polar surface area (TPSA) is 49.3 Å². The lowest BCUT2D eigenvalue weighted by Crippen LogP contribution is -2.42. The van der Waals surface area contributed by atoms with Crippen molar-refractivity contribution in [3.63, 3.8) is 0 Å². The number of aliphatic carboxylic acids is 1. The molecule has 0 amide bonds. The summed E-state index contributed by atoms with van der Waals surface area (Å²) in [5.41, 5.74) is 1.15. The number of hydrogen-bond donors (Lipinski definition) is 2. The van der Waals surface area contributed by atoms with E-state index in [1.165, 1.54) is 0 Å². The zero-order valence-corrected chi connectivity index (χ0v) is 11.0. The molecule has 4 heteroatoms. The van der Waals surface area contributed by atoms with Crippen LogP contribution in [0.15, 0.2) is 24.3 Å². The molecule has 0 aliphatic carbocycles. The molecule has 0 bridgehead atoms. The summed E-state index contributed by atoms with van der Waals surface area (Å²) in [5, 5.41) is 12.6. The summed E-state index contributed by atoms with van der Waals surface area (Å²) in [6.07, 6.45) is 0. The lowest BCUT2D eigenvalue weighted by atomic mass is 9.94. The summed E-state index contributed by atoms with van der Waals surface area (Å²) in [4.78, 5) is 10.8. The van der Waals surface area contributed by atoms with Crippen molar-refractivity contribution in [1.29, 1.82) is 0 Å². The Bertz CT molecular complexity index is 378. The van der Waals surface area contributed by atoms with Crippen LogP contribution in [0, 0.1) is 0 Å². The smallest absolute Gasteiger partial charge is 0.320 e. The largest absolute Gasteiger partial charge is 0.480 e. The van der Waals surface area contributed by atoms with Crippen LogP contribution >= 0.6 is 11.6 Å². The van der Waals surface area contributed by atoms with Crippen LogP contribution in [-0.2, 0) is 4.79 Å². The normalized spacial score (nSPS) is 16.2. The second-order valence-electron chi connectivity index (χ2n) is 4.36. The van der Waals surface area contributed by atoms with Gasteiger partial charge in [-0.15, -0.1) is 0 Å². The molecule has 0 spiro atoms. The predicted octanol–water partition coefficient (Wildman–Crippen LogP) is 2.89. The van der Waals surface area contributed by atoms with Gasteiger partial charge < -0.3 is 10.4 Å². The van der Waals surface area contributed by atoms with Crippen LogP contribution < -0.4 is 5.32 Å². The standard InChI is InChI=1S/C13H18ClNO2/c1-8(9(2)15-10(3)13(16)17)11-4-6-12(14)7-5-11/h4-10,15H,1-3H3,(H,16,17)/t8?,9?,10-/m0/s1. The minimum absolute atomic E-state index is 0.0854. The van der Waals surface area contributed by atoms with E-state index in [2.05, 4.69) is 12.2 Å². The fraction of sp³-hybridized carbons (Fsp3) is 0.462. The van der Waals surface area contributed by atoms with Gasteiger partial charge in [0.1, 0.15) is 6.04 Å². The first kappa shape index (κ1) is 14.0. The van der Waals surface area contributed by atoms with Crippen molar-refractivity contribution in [1.82, 2.24) is 5.32 Å². The van der Waals surface area contributed by atoms with E-state index in [4.69, 9.17) is 16.7 Å². The summed E-state index contributed by atoms with van der Waals surface area (Å²) < 4.78 is 0. The van der Waals surface area contributed by atoms with E-state index in [1.54, 1.807) is 6.92 Å². The van der Waals surface area contributed by atoms with Gasteiger partial charge in [-0.2, -0.15) is 0 Å². The van der Waals surface area contributed by atoms with E-state index in [0.29, 0.717) is 5.02 Å². The first-order valence-electron chi connectivity index (χ1n) is 5.66. The fourth-order valence-corrected chi connectivity index (χ4v) is 1.79. The van der Waals surface area contributed by atoms with Crippen molar-refractivity contribution in [2.24, 2.45) is 0 Å². The van der Waals surface area contributed by atoms with Gasteiger partial charge in [0.15, 0.2) is 0 Å². The van der Waals surface area contributed by atoms with E-state index < -0.39 is 12.0 Å². The molecule has 94 valence electrons. The second-order valence-corrected chi connectivity index (χ2v) is 4.79. The molecule has 2 unspecified atom stereocenters. The molecule has 0 aromatic heterocycles. The quantitative estimate of drug-likeness (QED) is 0.851. The predicted molar refractivity (Wildman–Crippen MR) is 69.6 cm³/mol. The molecular formula is C13H18ClNO2. The number of nitrogens with one attached hydrogen (secondary N) is 1. The Morgan fingerprint density at radius 1 is 1.24 bits per heavy atom. The maximum atomic E-state index is 10.8. The van der Waals surface area contributed by atoms with Gasteiger partial charge in [-0.3, -0.25) is 4.79 Å². The van der Waals surface area contributed by atoms with Crippen molar-refractivity contribution in [3.8, 4) is 0 Å². The molecule has 1 aromatic rings. The van der Waals surface area contributed by atoms with Gasteiger partial charge in [-0.25, -0.2) is 0 Å². The Morgan fingerprint density at radius 2 is 1.76 bits per heavy atom. The monoisotopic (exact) mass is 255 g/mol. The number of carboxylic acids is 1. The number of halogens is 1. The number of benzene rings is 1. The van der Waals surface area contributed by atoms with Gasteiger partial charge in [0, 0.05) is 11.1 Å². The summed E-state index contributed by atoms with van der Waals surface area (Å²) in [6, 6.07) is 7.18. The number of rotatable bonds is 5. The molecule has 0 radical (unpaired) electrons. The molecule has 1 rings (SSSR count). The molecule has 0 aliphatic rings. The van der Waals surface area contributed by atoms with Crippen molar-refractivity contribution in [2.45, 2.75) is 38.8 Å². The van der Waals surface area contributed by atoms with Crippen LogP contribution in [0.3, 0.4) is 0 Å². The van der Waals surface area contributed by atoms with Gasteiger partial charge in [-0.05, 0) is 37.5 Å². The lowest BCUT2D eigenvalue weighted by molar-refractivity contribution is -0.139. The lowest BCUT2D eigenvalue weighted by Gasteiger charge is -2.24. The molecule has 0 saturated carbocycles. The molecule has 0 saturated heterocycles. The fourth-order valence-electron chi connectivity index (χ4n) is 1.66. The van der Waals surface area contributed by atoms with Gasteiger partial charge in [-0.1, -0.05) is 30.7 Å². The third kappa shape index (κ3) is 4.02. The van der Waals surface area contributed by atoms with Crippen molar-refractivity contribution < 1.29 is 9.90 Å². The molecule has 2 N–H and O–H groups in total. The van der Waals surface area contributed by atoms with Crippen LogP contribution in [0.4, 0.5) is 0 Å². The Balaban J connectivity index is 2.66. The third-order valence-corrected chi connectivity index (χ3v) is 3.28. The van der Waals surface area contributed by atoms with E-state index in [1.807, 2.05) is 31.2 Å². The summed E-state index contributed by atoms with van der Waals surface area (Å²) in [6.45, 7) is 5.70. The average molecular weight is 256 g/mol. The minimum Gasteiger partial charge on any atom is -0.480 e. The van der Waals surface area contributed by atoms with Crippen LogP contribution in [0.25, 0.3) is 0 Å². The third-order valence-electron chi connectivity index (χ3n) is 3.03. The van der Waals surface area contributed by atoms with Gasteiger partial charge >= 0.3 is 5.97 Å². The molecule has 17 heavy (non-hydrogen) atoms. The van der Waals surface area contributed by atoms with Gasteiger partial charge in [0.25, 0.3) is 0 Å². The summed E-state index contributed by atoms with van der Waals surface area (Å²) >= 11 is 5.83. The Labute approximate surface area is 107 Å². The molecule has 0 fully saturated rings. The Hall–Kier alpha value is -1.06. The summed E-state index contributed by atoms with van der Waals surface area (Å²) in [7, 11) is 0. The molecule has 3 nitrogen and oxygen atoms in total. The molecule has 0 heterocycles. The highest BCUT2D eigenvalue weighted by atomic mass is 35.5. The van der Waals surface area contributed by atoms with E-state index in [9.17, 15) is 4.79 Å². The van der Waals surface area contributed by atoms with Crippen molar-refractivity contribution in [2.75, 3.05) is 0 Å². The summed E-state index contributed by atoms with van der Waals surface area (Å²) in [5.74, 6) is -0.603. The Morgan fingerprint density at radius 3 is 2.24 bits per heavy atom. The number of hydrogen-bond acceptors (Lipinski definition) is 2. The first-order chi connectivity index (χ1) is 7.91. The van der Waals surface area contributed by atoms with E-state index >= 15 is 0 Å². The number of carbonyl (C=O) groups is 1. The maximum Gasteiger partial charge on any atom is 0.320 e. The molecule has 0 aliphatic heterocycles. The van der Waals surface area contributed by atoms with Gasteiger partial charge in [0.05, 0.1) is 0 Å². The molecule has 1 aromatic carbocycles. The average Bonchev–Trinajstić information content (AvgIpc) is 2.28. The SMILES string of the molecule is CC(N[C@@H](C)C(=O)O)C(C)c1ccc(Cl)cc1. The van der Waals surface area contributed by atoms with Crippen LogP contribution in [0.1, 0.15) is 32.3 Å². The maximum absolute atomic E-state index is 10.8. The van der Waals surface area contributed by atoms with Crippen LogP contribution in [0.2, 0.25) is 5.02 Å². The Kier molecular flexibility index (Phi) is 4.97. The van der Waals surface area contributed by atoms with E-state index in [0.717, 1.165) is 5.56 Å². The van der Waals surface area contributed by atoms with Crippen molar-refractivity contribution >= 4 is 17.6 Å². The minimum atomic E-state index is -0.833. The number of carboxylic acid groups (broad SMARTS) is 1. The van der Waals surface area contributed by atoms with Crippen LogP contribution in [-0.4, -0.2) is 23.2 Å². The van der Waals surface area contributed by atoms with Crippen molar-refractivity contribution in [3.05, 3.63) is 34.9 Å². The zero-order valence-electron chi connectivity index (χ0n) is 10.3. The first-order valence-corrected chi connectivity index (χ1v) is 6.04. The second kappa shape index (κ2) is 6.03. The zero-order chi connectivity index (χ0) is 13.0. The van der Waals surface area contributed by atoms with E-state index in [-0.39, 0.29) is 12.0 Å². The highest BCUT2D eigenvalue weighted by molar-refractivity contribution is 6.30. The highest BCUT2D eigenvalue weighted by Crippen LogP contribution is 2.21. The van der Waals surface area contributed by atoms with Gasteiger partial charge in [0.2, 0.25) is 0 Å². The molecule has 3 atom stereocenters.